The fourth-order valence-corrected chi connectivity index (χ4v) is 7.24. The largest absolute Gasteiger partial charge is 0.494 e. The van der Waals surface area contributed by atoms with Gasteiger partial charge in [-0.3, -0.25) is 0 Å². The lowest BCUT2D eigenvalue weighted by molar-refractivity contribution is -0.138. The second-order valence-electron chi connectivity index (χ2n) is 17.0. The van der Waals surface area contributed by atoms with Gasteiger partial charge in [0, 0.05) is 17.8 Å². The maximum atomic E-state index is 13.6. The molecule has 2 N–H and O–H groups in total. The molecule has 0 aromatic heterocycles. The maximum Gasteiger partial charge on any atom is 0.343 e. The molecule has 14 nitrogen and oxygen atoms in total. The van der Waals surface area contributed by atoms with E-state index in [-0.39, 0.29) is 34.8 Å². The number of anilines is 1. The first kappa shape index (κ1) is 56.0. The highest BCUT2D eigenvalue weighted by Crippen LogP contribution is 2.28. The summed E-state index contributed by atoms with van der Waals surface area (Å²) in [6, 6.07) is 32.9. The predicted molar refractivity (Wildman–Crippen MR) is 279 cm³/mol. The molecule has 386 valence electrons. The lowest BCUT2D eigenvalue weighted by Gasteiger charge is -2.13. The highest BCUT2D eigenvalue weighted by molar-refractivity contribution is 5.97. The number of nitrogen functional groups attached to an aromatic ring is 1. The van der Waals surface area contributed by atoms with Crippen molar-refractivity contribution >= 4 is 35.5 Å². The highest BCUT2D eigenvalue weighted by atomic mass is 16.6. The van der Waals surface area contributed by atoms with Crippen LogP contribution >= 0.6 is 0 Å². The fourth-order valence-electron chi connectivity index (χ4n) is 7.24. The van der Waals surface area contributed by atoms with Gasteiger partial charge in [0.15, 0.2) is 0 Å². The Morgan fingerprint density at radius 1 is 0.384 bits per heavy atom. The molecule has 14 heteroatoms. The number of rotatable bonds is 34. The van der Waals surface area contributed by atoms with Crippen LogP contribution in [0.4, 0.5) is 5.69 Å². The number of unbranched alkanes of at least 4 members (excludes halogenated alkanes) is 11. The molecule has 0 aliphatic carbocycles. The van der Waals surface area contributed by atoms with Crippen LogP contribution in [0.1, 0.15) is 121 Å². The van der Waals surface area contributed by atoms with Crippen LogP contribution in [0, 0.1) is 0 Å². The summed E-state index contributed by atoms with van der Waals surface area (Å²) in [5, 5.41) is 0. The van der Waals surface area contributed by atoms with Crippen LogP contribution < -0.4 is 29.4 Å². The Morgan fingerprint density at radius 3 is 1.18 bits per heavy atom. The molecule has 0 saturated carbocycles. The van der Waals surface area contributed by atoms with Gasteiger partial charge in [0.05, 0.1) is 50.8 Å². The van der Waals surface area contributed by atoms with Crippen LogP contribution in [0.3, 0.4) is 0 Å². The third-order valence-corrected chi connectivity index (χ3v) is 11.3. The summed E-state index contributed by atoms with van der Waals surface area (Å²) in [5.41, 5.74) is 9.13. The van der Waals surface area contributed by atoms with Gasteiger partial charge in [0.25, 0.3) is 0 Å². The second kappa shape index (κ2) is 32.2. The molecule has 0 spiro atoms. The van der Waals surface area contributed by atoms with E-state index in [9.17, 15) is 24.0 Å². The van der Waals surface area contributed by atoms with Crippen LogP contribution in [0.5, 0.6) is 28.7 Å². The normalized spacial score (nSPS) is 10.6. The van der Waals surface area contributed by atoms with Gasteiger partial charge in [-0.15, -0.1) is 0 Å². The van der Waals surface area contributed by atoms with Gasteiger partial charge in [0.1, 0.15) is 34.3 Å². The van der Waals surface area contributed by atoms with Crippen LogP contribution in [0.15, 0.2) is 141 Å². The predicted octanol–water partition coefficient (Wildman–Crippen LogP) is 12.3. The zero-order valence-corrected chi connectivity index (χ0v) is 41.6. The van der Waals surface area contributed by atoms with E-state index in [4.69, 9.17) is 43.6 Å². The number of benzene rings is 5. The van der Waals surface area contributed by atoms with Crippen LogP contribution in [0.2, 0.25) is 0 Å². The zero-order chi connectivity index (χ0) is 51.9. The molecule has 0 bridgehead atoms. The van der Waals surface area contributed by atoms with E-state index in [1.165, 1.54) is 18.2 Å². The molecular formula is C59H67NO13. The van der Waals surface area contributed by atoms with E-state index in [1.807, 2.05) is 48.5 Å². The standard InChI is InChI=1S/C59H67NO13/c1-3-55(61)69-40-16-11-9-14-38-67-50-31-23-46(24-32-50)57(63)72-52-35-36-54(73-58(64)47-25-33-51(34-26-47)68-39-15-10-12-17-41-70-56(62)4-2)53(43-52)59(65)71-42-18-8-6-5-7-13-37-66-49-29-21-45(22-30-49)44-19-27-48(60)28-20-44/h3-4,19-36,43H,1-2,5-18,37-42,60H2. The minimum absolute atomic E-state index is 0.0492. The number of ether oxygens (including phenoxy) is 8. The minimum Gasteiger partial charge on any atom is -0.494 e. The second-order valence-corrected chi connectivity index (χ2v) is 17.0. The molecule has 73 heavy (non-hydrogen) atoms. The summed E-state index contributed by atoms with van der Waals surface area (Å²) >= 11 is 0. The third kappa shape index (κ3) is 21.2. The molecule has 0 saturated heterocycles. The Balaban J connectivity index is 1.08. The first-order chi connectivity index (χ1) is 35.6. The van der Waals surface area contributed by atoms with Crippen LogP contribution in [0.25, 0.3) is 11.1 Å². The van der Waals surface area contributed by atoms with Crippen LogP contribution in [-0.2, 0) is 23.8 Å². The average molecular weight is 998 g/mol. The first-order valence-electron chi connectivity index (χ1n) is 25.0. The SMILES string of the molecule is C=CC(=O)OCCCCCCOc1ccc(C(=O)Oc2ccc(OC(=O)c3ccc(OCCCCCCOC(=O)C=C)cc3)c(C(=O)OCCCCCCCCOc3ccc(-c4ccc(N)cc4)cc3)c2)cc1. The van der Waals surface area contributed by atoms with E-state index in [2.05, 4.69) is 13.2 Å². The third-order valence-electron chi connectivity index (χ3n) is 11.3. The number of nitrogens with two attached hydrogens (primary N) is 1. The summed E-state index contributed by atoms with van der Waals surface area (Å²) in [5.74, 6) is -1.01. The lowest BCUT2D eigenvalue weighted by Crippen LogP contribution is -2.14. The van der Waals surface area contributed by atoms with Crippen molar-refractivity contribution in [2.45, 2.75) is 89.9 Å². The van der Waals surface area contributed by atoms with E-state index in [0.717, 1.165) is 118 Å². The van der Waals surface area contributed by atoms with Gasteiger partial charge in [0.2, 0.25) is 0 Å². The molecule has 0 fully saturated rings. The van der Waals surface area contributed by atoms with Crippen molar-refractivity contribution in [3.63, 3.8) is 0 Å². The van der Waals surface area contributed by atoms with Gasteiger partial charge >= 0.3 is 29.8 Å². The average Bonchev–Trinajstić information content (AvgIpc) is 3.41. The zero-order valence-electron chi connectivity index (χ0n) is 41.6. The smallest absolute Gasteiger partial charge is 0.343 e. The van der Waals surface area contributed by atoms with Gasteiger partial charge in [-0.1, -0.05) is 63.1 Å². The van der Waals surface area contributed by atoms with Crippen molar-refractivity contribution in [3.05, 3.63) is 157 Å². The quantitative estimate of drug-likeness (QED) is 0.0102. The van der Waals surface area contributed by atoms with Crippen molar-refractivity contribution in [3.8, 4) is 39.9 Å². The summed E-state index contributed by atoms with van der Waals surface area (Å²) in [6.07, 6.45) is 14.3. The Kier molecular flexibility index (Phi) is 24.7. The molecule has 0 aliphatic rings. The Labute approximate surface area is 428 Å². The summed E-state index contributed by atoms with van der Waals surface area (Å²) in [6.45, 7) is 9.17. The molecule has 5 aromatic rings. The molecule has 5 rings (SSSR count). The van der Waals surface area contributed by atoms with Crippen molar-refractivity contribution in [1.82, 2.24) is 0 Å². The van der Waals surface area contributed by atoms with Crippen molar-refractivity contribution in [2.24, 2.45) is 0 Å². The first-order valence-corrected chi connectivity index (χ1v) is 25.0. The summed E-state index contributed by atoms with van der Waals surface area (Å²) in [4.78, 5) is 62.5. The number of hydrogen-bond donors (Lipinski definition) is 1. The van der Waals surface area contributed by atoms with E-state index in [1.54, 1.807) is 48.5 Å². The molecule has 0 heterocycles. The number of carbonyl (C=O) groups is 5. The molecule has 0 atom stereocenters. The van der Waals surface area contributed by atoms with E-state index < -0.39 is 29.8 Å². The van der Waals surface area contributed by atoms with Crippen LogP contribution in [-0.4, -0.2) is 69.5 Å². The van der Waals surface area contributed by atoms with Gasteiger partial charge < -0.3 is 43.6 Å². The summed E-state index contributed by atoms with van der Waals surface area (Å²) < 4.78 is 44.6. The fraction of sp³-hybridized carbons (Fsp3) is 0.339. The van der Waals surface area contributed by atoms with Gasteiger partial charge in [-0.25, -0.2) is 24.0 Å². The van der Waals surface area contributed by atoms with Gasteiger partial charge in [-0.05, 0) is 166 Å². The van der Waals surface area contributed by atoms with E-state index in [0.29, 0.717) is 51.0 Å². The topological polar surface area (TPSA) is 185 Å². The molecule has 0 aliphatic heterocycles. The van der Waals surface area contributed by atoms with Crippen molar-refractivity contribution < 1.29 is 61.9 Å². The lowest BCUT2D eigenvalue weighted by atomic mass is 10.1. The number of carbonyl (C=O) groups excluding carboxylic acids is 5. The maximum absolute atomic E-state index is 13.6. The Bertz CT molecular complexity index is 2500. The molecular weight excluding hydrogens is 931 g/mol. The number of esters is 5. The van der Waals surface area contributed by atoms with E-state index >= 15 is 0 Å². The monoisotopic (exact) mass is 997 g/mol. The highest BCUT2D eigenvalue weighted by Gasteiger charge is 2.21. The molecule has 0 radical (unpaired) electrons. The Morgan fingerprint density at radius 2 is 0.740 bits per heavy atom. The Hall–Kier alpha value is -7.87. The molecule has 0 unspecified atom stereocenters. The molecule has 5 aromatic carbocycles. The molecule has 0 amide bonds. The number of hydrogen-bond acceptors (Lipinski definition) is 14. The summed E-state index contributed by atoms with van der Waals surface area (Å²) in [7, 11) is 0. The van der Waals surface area contributed by atoms with Gasteiger partial charge in [-0.2, -0.15) is 0 Å². The van der Waals surface area contributed by atoms with Crippen molar-refractivity contribution in [2.75, 3.05) is 45.4 Å². The minimum atomic E-state index is -0.737. The van der Waals surface area contributed by atoms with Crippen molar-refractivity contribution in [1.29, 1.82) is 0 Å².